The van der Waals surface area contributed by atoms with Gasteiger partial charge < -0.3 is 5.32 Å². The molecule has 156 valence electrons. The summed E-state index contributed by atoms with van der Waals surface area (Å²) < 4.78 is 38.0. The zero-order chi connectivity index (χ0) is 21.0. The number of halogens is 3. The van der Waals surface area contributed by atoms with Crippen molar-refractivity contribution in [2.45, 2.75) is 45.2 Å². The van der Waals surface area contributed by atoms with Gasteiger partial charge in [0, 0.05) is 17.7 Å². The van der Waals surface area contributed by atoms with Crippen molar-refractivity contribution in [2.24, 2.45) is 5.92 Å². The smallest absolute Gasteiger partial charge is 0.326 e. The van der Waals surface area contributed by atoms with Gasteiger partial charge >= 0.3 is 6.18 Å². The minimum absolute atomic E-state index is 0.00246. The summed E-state index contributed by atoms with van der Waals surface area (Å²) in [6, 6.07) is 10.5. The lowest BCUT2D eigenvalue weighted by Gasteiger charge is -2.27. The molecule has 0 aliphatic carbocycles. The predicted molar refractivity (Wildman–Crippen MR) is 107 cm³/mol. The summed E-state index contributed by atoms with van der Waals surface area (Å²) in [4.78, 5) is 17.3. The topological polar surface area (TPSA) is 46.5 Å². The molecule has 0 saturated carbocycles. The summed E-state index contributed by atoms with van der Waals surface area (Å²) >= 11 is 0. The van der Waals surface area contributed by atoms with Gasteiger partial charge in [-0.3, -0.25) is 9.69 Å². The third kappa shape index (κ3) is 5.28. The van der Waals surface area contributed by atoms with Gasteiger partial charge in [0.25, 0.3) is 5.82 Å². The molecule has 1 atom stereocenters. The lowest BCUT2D eigenvalue weighted by atomic mass is 9.95. The third-order valence-corrected chi connectivity index (χ3v) is 5.69. The van der Waals surface area contributed by atoms with Gasteiger partial charge in [-0.25, -0.2) is 4.98 Å². The van der Waals surface area contributed by atoms with Crippen LogP contribution in [-0.4, -0.2) is 19.0 Å². The Morgan fingerprint density at radius 3 is 2.34 bits per heavy atom. The Morgan fingerprint density at radius 1 is 1.17 bits per heavy atom. The van der Waals surface area contributed by atoms with Crippen molar-refractivity contribution < 1.29 is 22.9 Å². The summed E-state index contributed by atoms with van der Waals surface area (Å²) in [5.74, 6) is 1.02. The molecule has 2 aromatic rings. The van der Waals surface area contributed by atoms with Crippen LogP contribution in [0.5, 0.6) is 0 Å². The molecule has 29 heavy (non-hydrogen) atoms. The van der Waals surface area contributed by atoms with Crippen LogP contribution in [-0.2, 0) is 11.0 Å². The van der Waals surface area contributed by atoms with E-state index in [1.165, 1.54) is 11.6 Å². The molecule has 0 spiro atoms. The van der Waals surface area contributed by atoms with E-state index in [9.17, 15) is 18.0 Å². The van der Waals surface area contributed by atoms with Crippen LogP contribution in [0.2, 0.25) is 0 Å². The van der Waals surface area contributed by atoms with Crippen molar-refractivity contribution >= 4 is 17.4 Å². The van der Waals surface area contributed by atoms with E-state index in [-0.39, 0.29) is 11.8 Å². The molecule has 1 aromatic heterocycles. The fraction of sp³-hybridized carbons (Fsp3) is 0.455. The summed E-state index contributed by atoms with van der Waals surface area (Å²) in [7, 11) is 0. The van der Waals surface area contributed by atoms with Crippen molar-refractivity contribution in [3.63, 3.8) is 0 Å². The van der Waals surface area contributed by atoms with Crippen LogP contribution in [0.15, 0.2) is 42.6 Å². The fourth-order valence-corrected chi connectivity index (χ4v) is 3.55. The van der Waals surface area contributed by atoms with Gasteiger partial charge in [-0.05, 0) is 48.9 Å². The Morgan fingerprint density at radius 2 is 1.83 bits per heavy atom. The van der Waals surface area contributed by atoms with Crippen LogP contribution >= 0.6 is 0 Å². The zero-order valence-corrected chi connectivity index (χ0v) is 16.7. The number of alkyl halides is 3. The number of piperidine rings is 1. The molecular formula is C22H27F3N3O+. The summed E-state index contributed by atoms with van der Waals surface area (Å²) in [6.07, 6.45) is -0.984. The van der Waals surface area contributed by atoms with E-state index in [1.54, 1.807) is 0 Å². The molecule has 0 bridgehead atoms. The van der Waals surface area contributed by atoms with Crippen LogP contribution in [0.25, 0.3) is 0 Å². The number of carbonyl (C=O) groups excluding carboxylic acids is 1. The zero-order valence-electron chi connectivity index (χ0n) is 16.7. The monoisotopic (exact) mass is 406 g/mol. The Hall–Kier alpha value is -2.57. The lowest BCUT2D eigenvalue weighted by Crippen LogP contribution is -2.40. The van der Waals surface area contributed by atoms with E-state index in [4.69, 9.17) is 0 Å². The summed E-state index contributed by atoms with van der Waals surface area (Å²) in [5.41, 5.74) is 1.35. The molecule has 7 heteroatoms. The molecule has 3 rings (SSSR count). The summed E-state index contributed by atoms with van der Waals surface area (Å²) in [6.45, 7) is 5.56. The number of aromatic amines is 1. The molecule has 1 fully saturated rings. The highest BCUT2D eigenvalue weighted by atomic mass is 19.4. The highest BCUT2D eigenvalue weighted by Crippen LogP contribution is 2.29. The van der Waals surface area contributed by atoms with Crippen molar-refractivity contribution in [2.75, 3.05) is 23.3 Å². The minimum Gasteiger partial charge on any atom is -0.326 e. The number of hydrogen-bond donors (Lipinski definition) is 1. The van der Waals surface area contributed by atoms with E-state index in [1.807, 2.05) is 29.2 Å². The van der Waals surface area contributed by atoms with E-state index in [0.29, 0.717) is 37.7 Å². The second kappa shape index (κ2) is 8.84. The van der Waals surface area contributed by atoms with Gasteiger partial charge in [-0.1, -0.05) is 26.0 Å². The van der Waals surface area contributed by atoms with Gasteiger partial charge in [0.1, 0.15) is 6.20 Å². The molecule has 1 aliphatic heterocycles. The highest BCUT2D eigenvalue weighted by Gasteiger charge is 2.33. The van der Waals surface area contributed by atoms with Gasteiger partial charge in [-0.2, -0.15) is 13.2 Å². The average molecular weight is 406 g/mol. The first-order valence-corrected chi connectivity index (χ1v) is 10.0. The molecule has 1 saturated heterocycles. The van der Waals surface area contributed by atoms with Crippen LogP contribution in [0.1, 0.15) is 50.2 Å². The number of nitrogens with one attached hydrogen (secondary N) is 2. The predicted octanol–water partition coefficient (Wildman–Crippen LogP) is 4.89. The standard InChI is InChI=1S/C22H26F3N3O/c1-3-15(2)16-4-7-19(8-5-16)27-21(29)17-10-12-28(13-11-17)20-9-6-18(14-26-20)22(23,24)25/h4-9,14-15,17H,3,10-13H2,1-2H3,(H,27,29)/p+1/t15-/m0/s1. The number of aromatic nitrogens is 1. The summed E-state index contributed by atoms with van der Waals surface area (Å²) in [5, 5.41) is 2.98. The number of nitrogens with zero attached hydrogens (tertiary/aromatic N) is 1. The van der Waals surface area contributed by atoms with E-state index >= 15 is 0 Å². The number of anilines is 2. The number of H-pyrrole nitrogens is 1. The number of rotatable bonds is 5. The van der Waals surface area contributed by atoms with Crippen LogP contribution in [0.3, 0.4) is 0 Å². The Kier molecular flexibility index (Phi) is 6.45. The highest BCUT2D eigenvalue weighted by molar-refractivity contribution is 5.92. The van der Waals surface area contributed by atoms with Crippen molar-refractivity contribution in [3.8, 4) is 0 Å². The largest absolute Gasteiger partial charge is 0.419 e. The number of pyridine rings is 1. The molecule has 0 radical (unpaired) electrons. The Labute approximate surface area is 169 Å². The normalized spacial score (nSPS) is 16.5. The number of benzene rings is 1. The van der Waals surface area contributed by atoms with E-state index < -0.39 is 11.7 Å². The maximum absolute atomic E-state index is 12.7. The minimum atomic E-state index is -4.35. The first-order chi connectivity index (χ1) is 13.8. The quantitative estimate of drug-likeness (QED) is 0.769. The first-order valence-electron chi connectivity index (χ1n) is 10.0. The van der Waals surface area contributed by atoms with Gasteiger partial charge in [-0.15, -0.1) is 0 Å². The SMILES string of the molecule is CC[C@H](C)c1ccc(NC(=O)C2CCN(c3ccc(C(F)(F)F)c[nH+]3)CC2)cc1. The molecule has 1 aliphatic rings. The molecule has 0 unspecified atom stereocenters. The molecule has 1 aromatic carbocycles. The van der Waals surface area contributed by atoms with Crippen LogP contribution < -0.4 is 15.2 Å². The van der Waals surface area contributed by atoms with Gasteiger partial charge in [0.2, 0.25) is 5.91 Å². The Balaban J connectivity index is 1.53. The Bertz CT molecular complexity index is 811. The molecule has 2 heterocycles. The van der Waals surface area contributed by atoms with Crippen molar-refractivity contribution in [1.82, 2.24) is 0 Å². The van der Waals surface area contributed by atoms with Crippen LogP contribution in [0, 0.1) is 5.92 Å². The maximum Gasteiger partial charge on any atom is 0.419 e. The van der Waals surface area contributed by atoms with Crippen LogP contribution in [0.4, 0.5) is 24.7 Å². The average Bonchev–Trinajstić information content (AvgIpc) is 2.73. The number of amides is 1. The molecular weight excluding hydrogens is 379 g/mol. The molecule has 4 nitrogen and oxygen atoms in total. The first kappa shape index (κ1) is 21.1. The van der Waals surface area contributed by atoms with Crippen molar-refractivity contribution in [3.05, 3.63) is 53.7 Å². The third-order valence-electron chi connectivity index (χ3n) is 5.69. The molecule has 1 amide bonds. The molecule has 2 N–H and O–H groups in total. The number of carbonyl (C=O) groups is 1. The van der Waals surface area contributed by atoms with E-state index in [2.05, 4.69) is 24.1 Å². The second-order valence-electron chi connectivity index (χ2n) is 7.64. The lowest BCUT2D eigenvalue weighted by molar-refractivity contribution is -0.367. The van der Waals surface area contributed by atoms with E-state index in [0.717, 1.165) is 24.4 Å². The second-order valence-corrected chi connectivity index (χ2v) is 7.64. The number of hydrogen-bond acceptors (Lipinski definition) is 2. The maximum atomic E-state index is 12.7. The van der Waals surface area contributed by atoms with Gasteiger partial charge in [0.05, 0.1) is 18.7 Å². The fourth-order valence-electron chi connectivity index (χ4n) is 3.55. The van der Waals surface area contributed by atoms with Gasteiger partial charge in [0.15, 0.2) is 0 Å². The van der Waals surface area contributed by atoms with Crippen molar-refractivity contribution in [1.29, 1.82) is 0 Å².